The van der Waals surface area contributed by atoms with Crippen molar-refractivity contribution in [3.8, 4) is 5.75 Å². The normalized spacial score (nSPS) is 20.7. The summed E-state index contributed by atoms with van der Waals surface area (Å²) in [7, 11) is 0. The fraction of sp³-hybridized carbons (Fsp3) is 0.517. The molecule has 190 valence electrons. The van der Waals surface area contributed by atoms with E-state index in [0.717, 1.165) is 22.4 Å². The van der Waals surface area contributed by atoms with Crippen molar-refractivity contribution in [1.82, 2.24) is 0 Å². The SMILES string of the molecule is Cc1cc(SC2C(=O)CC(CCc3ccccc3)(C(C)C)OC2=O)c(C(C)(C)C)cc1OCCO. The molecule has 5 nitrogen and oxygen atoms in total. The standard InChI is InChI=1S/C29H38O5S/c1-19(2)29(13-12-21-10-8-7-9-11-21)18-23(31)26(27(32)34-29)35-25-16-20(3)24(33-15-14-30)17-22(25)28(4,5)6/h7-11,16-17,19,26,30H,12-15,18H2,1-6H3. The number of carbonyl (C=O) groups is 2. The van der Waals surface area contributed by atoms with Crippen molar-refractivity contribution >= 4 is 23.5 Å². The van der Waals surface area contributed by atoms with Crippen molar-refractivity contribution in [1.29, 1.82) is 0 Å². The van der Waals surface area contributed by atoms with Crippen LogP contribution >= 0.6 is 11.8 Å². The van der Waals surface area contributed by atoms with Crippen LogP contribution in [0.3, 0.4) is 0 Å². The second-order valence-corrected chi connectivity index (χ2v) is 11.9. The van der Waals surface area contributed by atoms with Crippen LogP contribution in [0.1, 0.15) is 64.2 Å². The summed E-state index contributed by atoms with van der Waals surface area (Å²) >= 11 is 1.28. The first kappa shape index (κ1) is 27.3. The molecule has 3 rings (SSSR count). The summed E-state index contributed by atoms with van der Waals surface area (Å²) in [6.07, 6.45) is 1.59. The molecule has 1 aliphatic rings. The molecule has 1 N–H and O–H groups in total. The molecule has 1 saturated heterocycles. The van der Waals surface area contributed by atoms with E-state index in [0.29, 0.717) is 12.2 Å². The van der Waals surface area contributed by atoms with Crippen LogP contribution in [-0.2, 0) is 26.2 Å². The number of aliphatic hydroxyl groups excluding tert-OH is 1. The minimum Gasteiger partial charge on any atom is -0.491 e. The molecule has 6 heteroatoms. The number of cyclic esters (lactones) is 1. The molecular weight excluding hydrogens is 460 g/mol. The third kappa shape index (κ3) is 6.47. The summed E-state index contributed by atoms with van der Waals surface area (Å²) in [6.45, 7) is 12.4. The maximum atomic E-state index is 13.4. The molecule has 2 aromatic rings. The van der Waals surface area contributed by atoms with Crippen LogP contribution in [0.5, 0.6) is 5.75 Å². The monoisotopic (exact) mass is 498 g/mol. The first-order chi connectivity index (χ1) is 16.5. The van der Waals surface area contributed by atoms with E-state index in [4.69, 9.17) is 14.6 Å². The van der Waals surface area contributed by atoms with Gasteiger partial charge in [0.1, 0.15) is 18.0 Å². The van der Waals surface area contributed by atoms with E-state index in [-0.39, 0.29) is 36.8 Å². The lowest BCUT2D eigenvalue weighted by Crippen LogP contribution is -2.52. The smallest absolute Gasteiger partial charge is 0.327 e. The number of esters is 1. The summed E-state index contributed by atoms with van der Waals surface area (Å²) in [5, 5.41) is 8.26. The quantitative estimate of drug-likeness (QED) is 0.355. The largest absolute Gasteiger partial charge is 0.491 e. The topological polar surface area (TPSA) is 72.8 Å². The lowest BCUT2D eigenvalue weighted by Gasteiger charge is -2.41. The molecule has 1 heterocycles. The first-order valence-electron chi connectivity index (χ1n) is 12.3. The fourth-order valence-corrected chi connectivity index (χ4v) is 5.81. The number of aryl methyl sites for hydroxylation is 2. The lowest BCUT2D eigenvalue weighted by molar-refractivity contribution is -0.176. The molecule has 2 unspecified atom stereocenters. The molecule has 0 amide bonds. The molecule has 0 saturated carbocycles. The molecule has 1 fully saturated rings. The van der Waals surface area contributed by atoms with Gasteiger partial charge in [0, 0.05) is 11.3 Å². The number of hydrogen-bond donors (Lipinski definition) is 1. The maximum Gasteiger partial charge on any atom is 0.327 e. The van der Waals surface area contributed by atoms with Gasteiger partial charge >= 0.3 is 5.97 Å². The Morgan fingerprint density at radius 2 is 1.86 bits per heavy atom. The van der Waals surface area contributed by atoms with Crippen LogP contribution in [0.25, 0.3) is 0 Å². The Morgan fingerprint density at radius 1 is 1.17 bits per heavy atom. The number of hydrogen-bond acceptors (Lipinski definition) is 6. The Labute approximate surface area is 213 Å². The zero-order valence-electron chi connectivity index (χ0n) is 21.7. The zero-order valence-corrected chi connectivity index (χ0v) is 22.5. The van der Waals surface area contributed by atoms with Gasteiger partial charge in [-0.25, -0.2) is 0 Å². The van der Waals surface area contributed by atoms with Crippen molar-refractivity contribution in [2.45, 2.75) is 82.0 Å². The van der Waals surface area contributed by atoms with Crippen molar-refractivity contribution in [3.05, 3.63) is 59.2 Å². The lowest BCUT2D eigenvalue weighted by atomic mass is 9.78. The highest BCUT2D eigenvalue weighted by molar-refractivity contribution is 8.01. The van der Waals surface area contributed by atoms with Gasteiger partial charge in [0.25, 0.3) is 0 Å². The van der Waals surface area contributed by atoms with E-state index in [9.17, 15) is 9.59 Å². The Bertz CT molecular complexity index is 1020. The third-order valence-electron chi connectivity index (χ3n) is 6.69. The molecule has 1 aliphatic heterocycles. The van der Waals surface area contributed by atoms with E-state index in [1.165, 1.54) is 17.3 Å². The third-order valence-corrected chi connectivity index (χ3v) is 7.98. The van der Waals surface area contributed by atoms with E-state index >= 15 is 0 Å². The van der Waals surface area contributed by atoms with Gasteiger partial charge in [0.2, 0.25) is 0 Å². The maximum absolute atomic E-state index is 13.4. The summed E-state index contributed by atoms with van der Waals surface area (Å²) in [5.74, 6) is 0.197. The van der Waals surface area contributed by atoms with Crippen LogP contribution in [0.4, 0.5) is 0 Å². The van der Waals surface area contributed by atoms with E-state index < -0.39 is 16.8 Å². The van der Waals surface area contributed by atoms with Gasteiger partial charge in [-0.2, -0.15) is 0 Å². The summed E-state index contributed by atoms with van der Waals surface area (Å²) in [4.78, 5) is 27.6. The van der Waals surface area contributed by atoms with Gasteiger partial charge < -0.3 is 14.6 Å². The Kier molecular flexibility index (Phi) is 8.71. The predicted octanol–water partition coefficient (Wildman–Crippen LogP) is 5.67. The molecular formula is C29H38O5S. The van der Waals surface area contributed by atoms with Gasteiger partial charge in [0.15, 0.2) is 11.0 Å². The number of ketones is 1. The van der Waals surface area contributed by atoms with Crippen LogP contribution in [0, 0.1) is 12.8 Å². The van der Waals surface area contributed by atoms with E-state index in [1.54, 1.807) is 0 Å². The van der Waals surface area contributed by atoms with Gasteiger partial charge in [-0.1, -0.05) is 65.0 Å². The first-order valence-corrected chi connectivity index (χ1v) is 13.2. The average molecular weight is 499 g/mol. The highest BCUT2D eigenvalue weighted by atomic mass is 32.2. The minimum absolute atomic E-state index is 0.0281. The van der Waals surface area contributed by atoms with E-state index in [1.807, 2.05) is 51.1 Å². The Balaban J connectivity index is 1.84. The molecule has 0 bridgehead atoms. The second-order valence-electron chi connectivity index (χ2n) is 10.7. The van der Waals surface area contributed by atoms with Gasteiger partial charge in [-0.15, -0.1) is 11.8 Å². The van der Waals surface area contributed by atoms with Crippen LogP contribution in [0.2, 0.25) is 0 Å². The number of carbonyl (C=O) groups excluding carboxylic acids is 2. The number of Topliss-reactive ketones (excluding diaryl/α,β-unsaturated/α-hetero) is 1. The number of benzene rings is 2. The number of thioether (sulfide) groups is 1. The predicted molar refractivity (Wildman–Crippen MR) is 140 cm³/mol. The number of ether oxygens (including phenoxy) is 2. The molecule has 35 heavy (non-hydrogen) atoms. The molecule has 2 aromatic carbocycles. The van der Waals surface area contributed by atoms with Gasteiger partial charge in [0.05, 0.1) is 6.61 Å². The van der Waals surface area contributed by atoms with Crippen molar-refractivity contribution in [3.63, 3.8) is 0 Å². The van der Waals surface area contributed by atoms with Crippen molar-refractivity contribution < 1.29 is 24.2 Å². The minimum atomic E-state index is -0.886. The fourth-order valence-electron chi connectivity index (χ4n) is 4.46. The molecule has 2 atom stereocenters. The Hall–Kier alpha value is -2.31. The molecule has 0 aliphatic carbocycles. The van der Waals surface area contributed by atoms with Gasteiger partial charge in [-0.3, -0.25) is 9.59 Å². The highest BCUT2D eigenvalue weighted by Crippen LogP contribution is 2.43. The van der Waals surface area contributed by atoms with Crippen LogP contribution < -0.4 is 4.74 Å². The molecule has 0 radical (unpaired) electrons. The summed E-state index contributed by atoms with van der Waals surface area (Å²) in [5.41, 5.74) is 2.04. The number of aliphatic hydroxyl groups is 1. The highest BCUT2D eigenvalue weighted by Gasteiger charge is 2.49. The van der Waals surface area contributed by atoms with Gasteiger partial charge in [-0.05, 0) is 59.9 Å². The summed E-state index contributed by atoms with van der Waals surface area (Å²) in [6, 6.07) is 14.0. The molecule has 0 spiro atoms. The molecule has 0 aromatic heterocycles. The summed E-state index contributed by atoms with van der Waals surface area (Å²) < 4.78 is 11.8. The van der Waals surface area contributed by atoms with Crippen LogP contribution in [0.15, 0.2) is 47.4 Å². The Morgan fingerprint density at radius 3 is 2.43 bits per heavy atom. The van der Waals surface area contributed by atoms with Crippen molar-refractivity contribution in [2.75, 3.05) is 13.2 Å². The zero-order chi connectivity index (χ0) is 25.8. The average Bonchev–Trinajstić information content (AvgIpc) is 2.79. The van der Waals surface area contributed by atoms with Crippen molar-refractivity contribution in [2.24, 2.45) is 5.92 Å². The van der Waals surface area contributed by atoms with E-state index in [2.05, 4.69) is 32.9 Å². The number of rotatable bonds is 9. The second kappa shape index (κ2) is 11.2. The van der Waals surface area contributed by atoms with Crippen LogP contribution in [-0.4, -0.2) is 40.9 Å².